The van der Waals surface area contributed by atoms with Gasteiger partial charge in [-0.3, -0.25) is 4.79 Å². The topological polar surface area (TPSA) is 51.2 Å². The molecule has 0 saturated heterocycles. The SMILES string of the molecule is Cc1ccc(C(=O)C(C)S(C)(=O)=O)c(C)c1. The van der Waals surface area contributed by atoms with Crippen LogP contribution in [0, 0.1) is 13.8 Å². The molecule has 0 aliphatic carbocycles. The minimum Gasteiger partial charge on any atom is -0.293 e. The zero-order valence-electron chi connectivity index (χ0n) is 9.94. The Balaban J connectivity index is 3.16. The van der Waals surface area contributed by atoms with Gasteiger partial charge in [-0.1, -0.05) is 23.8 Å². The van der Waals surface area contributed by atoms with Crippen LogP contribution >= 0.6 is 0 Å². The Morgan fingerprint density at radius 2 is 1.81 bits per heavy atom. The van der Waals surface area contributed by atoms with Crippen LogP contribution in [0.2, 0.25) is 0 Å². The Labute approximate surface area is 96.4 Å². The van der Waals surface area contributed by atoms with Crippen molar-refractivity contribution in [2.45, 2.75) is 26.0 Å². The molecule has 1 rings (SSSR count). The molecule has 1 atom stereocenters. The fourth-order valence-corrected chi connectivity index (χ4v) is 2.02. The van der Waals surface area contributed by atoms with Gasteiger partial charge in [-0.05, 0) is 26.3 Å². The number of carbonyl (C=O) groups excluding carboxylic acids is 1. The second-order valence-corrected chi connectivity index (χ2v) is 6.52. The van der Waals surface area contributed by atoms with Crippen LogP contribution < -0.4 is 0 Å². The first-order valence-electron chi connectivity index (χ1n) is 5.04. The van der Waals surface area contributed by atoms with Crippen LogP contribution in [0.4, 0.5) is 0 Å². The van der Waals surface area contributed by atoms with Crippen molar-refractivity contribution in [3.63, 3.8) is 0 Å². The Bertz CT molecular complexity index is 515. The second kappa shape index (κ2) is 4.37. The molecule has 0 bridgehead atoms. The lowest BCUT2D eigenvalue weighted by atomic mass is 10.0. The van der Waals surface area contributed by atoms with Crippen molar-refractivity contribution in [3.8, 4) is 0 Å². The lowest BCUT2D eigenvalue weighted by Crippen LogP contribution is -2.26. The highest BCUT2D eigenvalue weighted by atomic mass is 32.2. The zero-order valence-corrected chi connectivity index (χ0v) is 10.8. The molecule has 0 radical (unpaired) electrons. The summed E-state index contributed by atoms with van der Waals surface area (Å²) in [6.45, 7) is 5.17. The van der Waals surface area contributed by atoms with Crippen molar-refractivity contribution >= 4 is 15.6 Å². The molecular weight excluding hydrogens is 224 g/mol. The molecule has 16 heavy (non-hydrogen) atoms. The summed E-state index contributed by atoms with van der Waals surface area (Å²) in [7, 11) is -3.33. The highest BCUT2D eigenvalue weighted by molar-refractivity contribution is 7.92. The van der Waals surface area contributed by atoms with Gasteiger partial charge in [0.15, 0.2) is 15.6 Å². The van der Waals surface area contributed by atoms with Crippen molar-refractivity contribution in [2.24, 2.45) is 0 Å². The van der Waals surface area contributed by atoms with Crippen molar-refractivity contribution in [2.75, 3.05) is 6.26 Å². The molecule has 4 heteroatoms. The Morgan fingerprint density at radius 3 is 2.25 bits per heavy atom. The van der Waals surface area contributed by atoms with Crippen LogP contribution in [0.5, 0.6) is 0 Å². The van der Waals surface area contributed by atoms with Gasteiger partial charge in [0.25, 0.3) is 0 Å². The van der Waals surface area contributed by atoms with Crippen molar-refractivity contribution < 1.29 is 13.2 Å². The summed E-state index contributed by atoms with van der Waals surface area (Å²) >= 11 is 0. The van der Waals surface area contributed by atoms with Crippen molar-refractivity contribution in [3.05, 3.63) is 34.9 Å². The van der Waals surface area contributed by atoms with E-state index >= 15 is 0 Å². The van der Waals surface area contributed by atoms with E-state index in [9.17, 15) is 13.2 Å². The quantitative estimate of drug-likeness (QED) is 0.758. The molecule has 0 fully saturated rings. The largest absolute Gasteiger partial charge is 0.293 e. The summed E-state index contributed by atoms with van der Waals surface area (Å²) in [4.78, 5) is 11.9. The van der Waals surface area contributed by atoms with E-state index < -0.39 is 15.1 Å². The van der Waals surface area contributed by atoms with Crippen LogP contribution in [0.1, 0.15) is 28.4 Å². The van der Waals surface area contributed by atoms with Crippen LogP contribution in [0.3, 0.4) is 0 Å². The van der Waals surface area contributed by atoms with Gasteiger partial charge >= 0.3 is 0 Å². The fourth-order valence-electron chi connectivity index (χ4n) is 1.50. The lowest BCUT2D eigenvalue weighted by molar-refractivity contribution is 0.0991. The predicted octanol–water partition coefficient (Wildman–Crippen LogP) is 1.92. The Morgan fingerprint density at radius 1 is 1.25 bits per heavy atom. The van der Waals surface area contributed by atoms with E-state index in [-0.39, 0.29) is 5.78 Å². The highest BCUT2D eigenvalue weighted by Crippen LogP contribution is 2.15. The number of Topliss-reactive ketones (excluding diaryl/α,β-unsaturated/α-hetero) is 1. The van der Waals surface area contributed by atoms with Gasteiger partial charge in [0.2, 0.25) is 0 Å². The smallest absolute Gasteiger partial charge is 0.180 e. The number of rotatable bonds is 3. The summed E-state index contributed by atoms with van der Waals surface area (Å²) in [6.07, 6.45) is 1.08. The van der Waals surface area contributed by atoms with E-state index in [1.165, 1.54) is 6.92 Å². The normalized spacial score (nSPS) is 13.5. The highest BCUT2D eigenvalue weighted by Gasteiger charge is 2.25. The molecule has 3 nitrogen and oxygen atoms in total. The number of aryl methyl sites for hydroxylation is 2. The second-order valence-electron chi connectivity index (χ2n) is 4.15. The van der Waals surface area contributed by atoms with Gasteiger partial charge in [-0.2, -0.15) is 0 Å². The van der Waals surface area contributed by atoms with E-state index in [0.717, 1.165) is 17.4 Å². The molecule has 88 valence electrons. The third-order valence-corrected chi connectivity index (χ3v) is 4.16. The molecule has 1 unspecified atom stereocenters. The predicted molar refractivity (Wildman–Crippen MR) is 64.6 cm³/mol. The molecule has 0 heterocycles. The van der Waals surface area contributed by atoms with Crippen LogP contribution in [0.25, 0.3) is 0 Å². The third-order valence-electron chi connectivity index (χ3n) is 2.66. The van der Waals surface area contributed by atoms with E-state index in [2.05, 4.69) is 0 Å². The number of sulfone groups is 1. The fraction of sp³-hybridized carbons (Fsp3) is 0.417. The van der Waals surface area contributed by atoms with Gasteiger partial charge in [0.05, 0.1) is 0 Å². The minimum atomic E-state index is -3.33. The lowest BCUT2D eigenvalue weighted by Gasteiger charge is -2.10. The molecule has 0 aliphatic heterocycles. The Kier molecular flexibility index (Phi) is 3.53. The third kappa shape index (κ3) is 2.70. The summed E-state index contributed by atoms with van der Waals surface area (Å²) in [5.74, 6) is -0.333. The van der Waals surface area contributed by atoms with Gasteiger partial charge in [0.1, 0.15) is 5.25 Å². The number of ketones is 1. The van der Waals surface area contributed by atoms with Gasteiger partial charge < -0.3 is 0 Å². The van der Waals surface area contributed by atoms with Crippen molar-refractivity contribution in [1.29, 1.82) is 0 Å². The van der Waals surface area contributed by atoms with Crippen LogP contribution in [0.15, 0.2) is 18.2 Å². The van der Waals surface area contributed by atoms with Gasteiger partial charge in [0, 0.05) is 11.8 Å². The standard InChI is InChI=1S/C12H16O3S/c1-8-5-6-11(9(2)7-8)12(13)10(3)16(4,14)15/h5-7,10H,1-4H3. The van der Waals surface area contributed by atoms with E-state index in [4.69, 9.17) is 0 Å². The maximum Gasteiger partial charge on any atom is 0.180 e. The Hall–Kier alpha value is -1.16. The summed E-state index contributed by atoms with van der Waals surface area (Å²) in [5, 5.41) is -0.978. The van der Waals surface area contributed by atoms with Crippen LogP contribution in [-0.2, 0) is 9.84 Å². The average Bonchev–Trinajstić information content (AvgIpc) is 2.14. The minimum absolute atomic E-state index is 0.333. The summed E-state index contributed by atoms with van der Waals surface area (Å²) in [6, 6.07) is 5.38. The molecule has 0 aromatic heterocycles. The van der Waals surface area contributed by atoms with Crippen molar-refractivity contribution in [1.82, 2.24) is 0 Å². The first-order chi connectivity index (χ1) is 7.23. The van der Waals surface area contributed by atoms with Gasteiger partial charge in [-0.15, -0.1) is 0 Å². The van der Waals surface area contributed by atoms with Gasteiger partial charge in [-0.25, -0.2) is 8.42 Å². The molecular formula is C12H16O3S. The molecule has 0 N–H and O–H groups in total. The number of benzene rings is 1. The maximum atomic E-state index is 11.9. The summed E-state index contributed by atoms with van der Waals surface area (Å²) < 4.78 is 22.6. The molecule has 0 saturated carbocycles. The number of hydrogen-bond donors (Lipinski definition) is 0. The van der Waals surface area contributed by atoms with E-state index in [0.29, 0.717) is 5.56 Å². The first-order valence-corrected chi connectivity index (χ1v) is 6.99. The monoisotopic (exact) mass is 240 g/mol. The molecule has 1 aromatic carbocycles. The maximum absolute atomic E-state index is 11.9. The van der Waals surface area contributed by atoms with Crippen LogP contribution in [-0.4, -0.2) is 25.7 Å². The number of carbonyl (C=O) groups is 1. The first kappa shape index (κ1) is 12.9. The molecule has 0 aliphatic rings. The van der Waals surface area contributed by atoms with E-state index in [1.54, 1.807) is 6.07 Å². The summed E-state index contributed by atoms with van der Waals surface area (Å²) in [5.41, 5.74) is 2.37. The molecule has 0 amide bonds. The molecule has 1 aromatic rings. The zero-order chi connectivity index (χ0) is 12.5. The number of hydrogen-bond acceptors (Lipinski definition) is 3. The average molecular weight is 240 g/mol. The van der Waals surface area contributed by atoms with E-state index in [1.807, 2.05) is 26.0 Å². The molecule has 0 spiro atoms.